The zero-order chi connectivity index (χ0) is 10.1. The molecule has 3 nitrogen and oxygen atoms in total. The Labute approximate surface area is 91.0 Å². The van der Waals surface area contributed by atoms with E-state index in [2.05, 4.69) is 33.0 Å². The van der Waals surface area contributed by atoms with E-state index in [-0.39, 0.29) is 12.0 Å². The SMILES string of the molecule is CN1CCC(n2ncc(Br)c2F)CC1. The fourth-order valence-corrected chi connectivity index (χ4v) is 2.09. The molecule has 0 aliphatic carbocycles. The van der Waals surface area contributed by atoms with E-state index >= 15 is 0 Å². The largest absolute Gasteiger partial charge is 0.306 e. The lowest BCUT2D eigenvalue weighted by atomic mass is 10.1. The van der Waals surface area contributed by atoms with Crippen LogP contribution in [0.2, 0.25) is 0 Å². The van der Waals surface area contributed by atoms with Gasteiger partial charge in [-0.3, -0.25) is 0 Å². The predicted octanol–water partition coefficient (Wildman–Crippen LogP) is 2.05. The highest BCUT2D eigenvalue weighted by Crippen LogP contribution is 2.25. The van der Waals surface area contributed by atoms with Gasteiger partial charge in [0.05, 0.1) is 16.7 Å². The molecule has 0 unspecified atom stereocenters. The molecule has 1 aromatic heterocycles. The van der Waals surface area contributed by atoms with Crippen molar-refractivity contribution in [2.24, 2.45) is 0 Å². The topological polar surface area (TPSA) is 21.1 Å². The second-order valence-electron chi connectivity index (χ2n) is 3.76. The highest BCUT2D eigenvalue weighted by atomic mass is 79.9. The third kappa shape index (κ3) is 1.83. The molecule has 2 rings (SSSR count). The van der Waals surface area contributed by atoms with Crippen molar-refractivity contribution >= 4 is 15.9 Å². The normalized spacial score (nSPS) is 20.2. The van der Waals surface area contributed by atoms with Crippen LogP contribution >= 0.6 is 15.9 Å². The Morgan fingerprint density at radius 1 is 1.50 bits per heavy atom. The van der Waals surface area contributed by atoms with Crippen LogP contribution in [0.3, 0.4) is 0 Å². The number of likely N-dealkylation sites (tertiary alicyclic amines) is 1. The van der Waals surface area contributed by atoms with Crippen molar-refractivity contribution in [1.29, 1.82) is 0 Å². The van der Waals surface area contributed by atoms with Gasteiger partial charge in [-0.15, -0.1) is 0 Å². The fourth-order valence-electron chi connectivity index (χ4n) is 1.82. The molecule has 1 fully saturated rings. The Balaban J connectivity index is 2.12. The minimum atomic E-state index is -0.250. The van der Waals surface area contributed by atoms with Gasteiger partial charge in [-0.2, -0.15) is 9.49 Å². The van der Waals surface area contributed by atoms with E-state index in [4.69, 9.17) is 0 Å². The van der Waals surface area contributed by atoms with Crippen molar-refractivity contribution in [2.45, 2.75) is 18.9 Å². The van der Waals surface area contributed by atoms with Crippen molar-refractivity contribution in [3.05, 3.63) is 16.6 Å². The van der Waals surface area contributed by atoms with Crippen LogP contribution in [0.25, 0.3) is 0 Å². The molecule has 1 aliphatic heterocycles. The molecule has 1 aromatic rings. The van der Waals surface area contributed by atoms with Crippen LogP contribution in [0.15, 0.2) is 10.7 Å². The Morgan fingerprint density at radius 2 is 2.14 bits per heavy atom. The van der Waals surface area contributed by atoms with Gasteiger partial charge < -0.3 is 4.90 Å². The molecule has 0 radical (unpaired) electrons. The van der Waals surface area contributed by atoms with Crippen molar-refractivity contribution in [3.8, 4) is 0 Å². The van der Waals surface area contributed by atoms with Gasteiger partial charge in [0, 0.05) is 0 Å². The maximum atomic E-state index is 13.5. The smallest absolute Gasteiger partial charge is 0.226 e. The minimum Gasteiger partial charge on any atom is -0.306 e. The van der Waals surface area contributed by atoms with Gasteiger partial charge in [0.25, 0.3) is 0 Å². The summed E-state index contributed by atoms with van der Waals surface area (Å²) in [5.74, 6) is -0.250. The number of halogens is 2. The summed E-state index contributed by atoms with van der Waals surface area (Å²) >= 11 is 3.13. The van der Waals surface area contributed by atoms with Crippen LogP contribution in [0, 0.1) is 5.95 Å². The molecule has 78 valence electrons. The van der Waals surface area contributed by atoms with Crippen LogP contribution in [-0.2, 0) is 0 Å². The zero-order valence-corrected chi connectivity index (χ0v) is 9.67. The summed E-state index contributed by atoms with van der Waals surface area (Å²) in [4.78, 5) is 2.26. The second-order valence-corrected chi connectivity index (χ2v) is 4.62. The molecule has 0 amide bonds. The molecular weight excluding hydrogens is 249 g/mol. The van der Waals surface area contributed by atoms with E-state index in [1.807, 2.05) is 0 Å². The Morgan fingerprint density at radius 3 is 2.64 bits per heavy atom. The van der Waals surface area contributed by atoms with Gasteiger partial charge in [0.1, 0.15) is 0 Å². The van der Waals surface area contributed by atoms with E-state index in [1.165, 1.54) is 10.9 Å². The molecule has 0 aromatic carbocycles. The average Bonchev–Trinajstić information content (AvgIpc) is 2.50. The molecule has 14 heavy (non-hydrogen) atoms. The Bertz CT molecular complexity index is 318. The lowest BCUT2D eigenvalue weighted by Gasteiger charge is -2.29. The molecule has 0 atom stereocenters. The summed E-state index contributed by atoms with van der Waals surface area (Å²) in [5, 5.41) is 4.04. The summed E-state index contributed by atoms with van der Waals surface area (Å²) in [5.41, 5.74) is 0. The lowest BCUT2D eigenvalue weighted by molar-refractivity contribution is 0.200. The average molecular weight is 262 g/mol. The first-order valence-electron chi connectivity index (χ1n) is 4.75. The third-order valence-electron chi connectivity index (χ3n) is 2.73. The van der Waals surface area contributed by atoms with Crippen LogP contribution < -0.4 is 0 Å². The lowest BCUT2D eigenvalue weighted by Crippen LogP contribution is -2.32. The standard InChI is InChI=1S/C9H13BrFN3/c1-13-4-2-7(3-5-13)14-9(11)8(10)6-12-14/h6-7H,2-5H2,1H3. The molecular formula is C9H13BrFN3. The quantitative estimate of drug-likeness (QED) is 0.772. The van der Waals surface area contributed by atoms with Crippen LogP contribution in [0.5, 0.6) is 0 Å². The number of aromatic nitrogens is 2. The van der Waals surface area contributed by atoms with Gasteiger partial charge >= 0.3 is 0 Å². The molecule has 1 aliphatic rings. The molecule has 0 N–H and O–H groups in total. The summed E-state index contributed by atoms with van der Waals surface area (Å²) in [6.07, 6.45) is 3.47. The minimum absolute atomic E-state index is 0.220. The van der Waals surface area contributed by atoms with Gasteiger partial charge in [-0.05, 0) is 48.9 Å². The maximum Gasteiger partial charge on any atom is 0.226 e. The Hall–Kier alpha value is -0.420. The second kappa shape index (κ2) is 3.98. The number of hydrogen-bond donors (Lipinski definition) is 0. The van der Waals surface area contributed by atoms with E-state index in [1.54, 1.807) is 0 Å². The summed E-state index contributed by atoms with van der Waals surface area (Å²) in [7, 11) is 2.09. The molecule has 2 heterocycles. The van der Waals surface area contributed by atoms with Crippen molar-refractivity contribution in [2.75, 3.05) is 20.1 Å². The van der Waals surface area contributed by atoms with Gasteiger partial charge in [0.2, 0.25) is 5.95 Å². The van der Waals surface area contributed by atoms with E-state index in [0.717, 1.165) is 25.9 Å². The zero-order valence-electron chi connectivity index (χ0n) is 8.08. The van der Waals surface area contributed by atoms with Crippen LogP contribution in [0.1, 0.15) is 18.9 Å². The van der Waals surface area contributed by atoms with Crippen molar-refractivity contribution in [3.63, 3.8) is 0 Å². The molecule has 5 heteroatoms. The maximum absolute atomic E-state index is 13.5. The van der Waals surface area contributed by atoms with Crippen molar-refractivity contribution < 1.29 is 4.39 Å². The number of piperidine rings is 1. The molecule has 0 spiro atoms. The first kappa shape index (κ1) is 10.1. The first-order chi connectivity index (χ1) is 6.68. The summed E-state index contributed by atoms with van der Waals surface area (Å²) in [6.45, 7) is 2.03. The highest BCUT2D eigenvalue weighted by molar-refractivity contribution is 9.10. The van der Waals surface area contributed by atoms with Crippen LogP contribution in [-0.4, -0.2) is 34.8 Å². The predicted molar refractivity (Wildman–Crippen MR) is 55.7 cm³/mol. The number of nitrogens with zero attached hydrogens (tertiary/aromatic N) is 3. The number of hydrogen-bond acceptors (Lipinski definition) is 2. The fraction of sp³-hybridized carbons (Fsp3) is 0.667. The molecule has 0 bridgehead atoms. The van der Waals surface area contributed by atoms with E-state index < -0.39 is 0 Å². The highest BCUT2D eigenvalue weighted by Gasteiger charge is 2.22. The van der Waals surface area contributed by atoms with E-state index in [9.17, 15) is 4.39 Å². The van der Waals surface area contributed by atoms with Crippen molar-refractivity contribution in [1.82, 2.24) is 14.7 Å². The third-order valence-corrected chi connectivity index (χ3v) is 3.26. The van der Waals surface area contributed by atoms with Gasteiger partial charge in [-0.25, -0.2) is 4.68 Å². The summed E-state index contributed by atoms with van der Waals surface area (Å²) in [6, 6.07) is 0.220. The number of rotatable bonds is 1. The van der Waals surface area contributed by atoms with Gasteiger partial charge in [-0.1, -0.05) is 0 Å². The Kier molecular flexibility index (Phi) is 2.88. The van der Waals surface area contributed by atoms with Crippen LogP contribution in [0.4, 0.5) is 4.39 Å². The molecule has 1 saturated heterocycles. The monoisotopic (exact) mass is 261 g/mol. The first-order valence-corrected chi connectivity index (χ1v) is 5.55. The summed E-state index contributed by atoms with van der Waals surface area (Å²) < 4.78 is 15.4. The van der Waals surface area contributed by atoms with Gasteiger partial charge in [0.15, 0.2) is 0 Å². The van der Waals surface area contributed by atoms with E-state index in [0.29, 0.717) is 4.47 Å². The molecule has 0 saturated carbocycles.